The van der Waals surface area contributed by atoms with Gasteiger partial charge in [-0.3, -0.25) is 4.79 Å². The summed E-state index contributed by atoms with van der Waals surface area (Å²) in [6.45, 7) is 2.61. The molecule has 0 heterocycles. The van der Waals surface area contributed by atoms with Crippen LogP contribution >= 0.6 is 23.4 Å². The van der Waals surface area contributed by atoms with Crippen LogP contribution in [-0.4, -0.2) is 23.6 Å². The lowest BCUT2D eigenvalue weighted by Crippen LogP contribution is -2.27. The molecule has 0 aliphatic rings. The predicted molar refractivity (Wildman–Crippen MR) is 95.2 cm³/mol. The SMILES string of the molecule is Cc1ccc(CN(C)C(=O)CSCc2ccc(Cl)cc2F)cc1. The van der Waals surface area contributed by atoms with Gasteiger partial charge in [0.2, 0.25) is 5.91 Å². The van der Waals surface area contributed by atoms with E-state index in [9.17, 15) is 9.18 Å². The third kappa shape index (κ3) is 5.56. The lowest BCUT2D eigenvalue weighted by molar-refractivity contribution is -0.127. The van der Waals surface area contributed by atoms with Crippen LogP contribution in [0, 0.1) is 12.7 Å². The summed E-state index contributed by atoms with van der Waals surface area (Å²) in [4.78, 5) is 13.8. The molecule has 5 heteroatoms. The van der Waals surface area contributed by atoms with Crippen molar-refractivity contribution in [2.75, 3.05) is 12.8 Å². The molecule has 0 N–H and O–H groups in total. The number of amides is 1. The summed E-state index contributed by atoms with van der Waals surface area (Å²) in [5.74, 6) is 0.479. The Morgan fingerprint density at radius 2 is 1.91 bits per heavy atom. The van der Waals surface area contributed by atoms with Gasteiger partial charge in [-0.15, -0.1) is 11.8 Å². The molecule has 122 valence electrons. The second-order valence-corrected chi connectivity index (χ2v) is 6.89. The van der Waals surface area contributed by atoms with Crippen LogP contribution in [0.4, 0.5) is 4.39 Å². The largest absolute Gasteiger partial charge is 0.341 e. The molecule has 0 saturated carbocycles. The standard InChI is InChI=1S/C18H19ClFNOS/c1-13-3-5-14(6-4-13)10-21(2)18(22)12-23-11-15-7-8-16(19)9-17(15)20/h3-9H,10-12H2,1-2H3. The van der Waals surface area contributed by atoms with E-state index in [2.05, 4.69) is 0 Å². The summed E-state index contributed by atoms with van der Waals surface area (Å²) in [7, 11) is 1.78. The zero-order chi connectivity index (χ0) is 16.8. The molecule has 0 unspecified atom stereocenters. The number of carbonyl (C=O) groups excluding carboxylic acids is 1. The Bertz CT molecular complexity index is 675. The van der Waals surface area contributed by atoms with Gasteiger partial charge >= 0.3 is 0 Å². The maximum atomic E-state index is 13.7. The fraction of sp³-hybridized carbons (Fsp3) is 0.278. The zero-order valence-electron chi connectivity index (χ0n) is 13.2. The number of hydrogen-bond donors (Lipinski definition) is 0. The molecule has 2 nitrogen and oxygen atoms in total. The zero-order valence-corrected chi connectivity index (χ0v) is 14.8. The molecule has 0 bridgehead atoms. The van der Waals surface area contributed by atoms with Gasteiger partial charge in [-0.2, -0.15) is 0 Å². The number of thioether (sulfide) groups is 1. The summed E-state index contributed by atoms with van der Waals surface area (Å²) in [6, 6.07) is 12.7. The van der Waals surface area contributed by atoms with Crippen molar-refractivity contribution in [2.45, 2.75) is 19.2 Å². The maximum Gasteiger partial charge on any atom is 0.232 e. The second kappa shape index (κ2) is 8.37. The van der Waals surface area contributed by atoms with Crippen molar-refractivity contribution in [3.8, 4) is 0 Å². The van der Waals surface area contributed by atoms with E-state index in [-0.39, 0.29) is 11.7 Å². The van der Waals surface area contributed by atoms with Crippen LogP contribution in [0.1, 0.15) is 16.7 Å². The van der Waals surface area contributed by atoms with E-state index >= 15 is 0 Å². The normalized spacial score (nSPS) is 10.6. The molecule has 0 atom stereocenters. The number of nitrogens with zero attached hydrogens (tertiary/aromatic N) is 1. The minimum Gasteiger partial charge on any atom is -0.341 e. The first-order valence-corrected chi connectivity index (χ1v) is 8.80. The van der Waals surface area contributed by atoms with Crippen LogP contribution in [0.15, 0.2) is 42.5 Å². The number of rotatable bonds is 6. The Morgan fingerprint density at radius 1 is 1.22 bits per heavy atom. The summed E-state index contributed by atoms with van der Waals surface area (Å²) < 4.78 is 13.7. The molecule has 1 amide bonds. The van der Waals surface area contributed by atoms with Gasteiger partial charge in [-0.25, -0.2) is 4.39 Å². The van der Waals surface area contributed by atoms with Crippen molar-refractivity contribution in [1.82, 2.24) is 4.90 Å². The average Bonchev–Trinajstić information content (AvgIpc) is 2.51. The minimum atomic E-state index is -0.328. The van der Waals surface area contributed by atoms with Gasteiger partial charge in [0.05, 0.1) is 5.75 Å². The summed E-state index contributed by atoms with van der Waals surface area (Å²) in [6.07, 6.45) is 0. The fourth-order valence-corrected chi connectivity index (χ4v) is 3.16. The summed E-state index contributed by atoms with van der Waals surface area (Å²) in [5, 5.41) is 0.380. The molecule has 23 heavy (non-hydrogen) atoms. The molecule has 0 fully saturated rings. The highest BCUT2D eigenvalue weighted by Gasteiger charge is 2.10. The van der Waals surface area contributed by atoms with Crippen molar-refractivity contribution in [2.24, 2.45) is 0 Å². The third-order valence-electron chi connectivity index (χ3n) is 3.46. The maximum absolute atomic E-state index is 13.7. The highest BCUT2D eigenvalue weighted by molar-refractivity contribution is 7.99. The number of benzene rings is 2. The molecule has 0 saturated heterocycles. The molecular weight excluding hydrogens is 333 g/mol. The van der Waals surface area contributed by atoms with E-state index < -0.39 is 0 Å². The Hall–Kier alpha value is -1.52. The molecule has 2 aromatic carbocycles. The molecule has 0 aliphatic carbocycles. The van der Waals surface area contributed by atoms with Crippen LogP contribution in [0.5, 0.6) is 0 Å². The monoisotopic (exact) mass is 351 g/mol. The van der Waals surface area contributed by atoms with E-state index in [4.69, 9.17) is 11.6 Å². The van der Waals surface area contributed by atoms with Crippen LogP contribution in [-0.2, 0) is 17.1 Å². The first-order chi connectivity index (χ1) is 11.0. The van der Waals surface area contributed by atoms with Gasteiger partial charge in [0.15, 0.2) is 0 Å². The molecule has 2 rings (SSSR count). The van der Waals surface area contributed by atoms with Crippen molar-refractivity contribution in [3.05, 3.63) is 70.0 Å². The number of halogens is 2. The van der Waals surface area contributed by atoms with Gasteiger partial charge in [-0.1, -0.05) is 47.5 Å². The lowest BCUT2D eigenvalue weighted by atomic mass is 10.1. The van der Waals surface area contributed by atoms with Crippen LogP contribution in [0.2, 0.25) is 5.02 Å². The molecule has 0 aromatic heterocycles. The first-order valence-electron chi connectivity index (χ1n) is 7.27. The van der Waals surface area contributed by atoms with Crippen LogP contribution in [0.25, 0.3) is 0 Å². The predicted octanol–water partition coefficient (Wildman–Crippen LogP) is 4.68. The third-order valence-corrected chi connectivity index (χ3v) is 4.67. The van der Waals surface area contributed by atoms with E-state index in [1.165, 1.54) is 23.4 Å². The quantitative estimate of drug-likeness (QED) is 0.753. The van der Waals surface area contributed by atoms with Gasteiger partial charge in [0.25, 0.3) is 0 Å². The second-order valence-electron chi connectivity index (χ2n) is 5.46. The van der Waals surface area contributed by atoms with Gasteiger partial charge in [0, 0.05) is 24.4 Å². The van der Waals surface area contributed by atoms with Crippen LogP contribution < -0.4 is 0 Å². The Labute approximate surface area is 145 Å². The molecule has 0 spiro atoms. The highest BCUT2D eigenvalue weighted by atomic mass is 35.5. The van der Waals surface area contributed by atoms with Gasteiger partial charge in [-0.05, 0) is 30.2 Å². The molecule has 0 aliphatic heterocycles. The fourth-order valence-electron chi connectivity index (χ4n) is 2.05. The van der Waals surface area contributed by atoms with E-state index in [1.54, 1.807) is 24.1 Å². The number of hydrogen-bond acceptors (Lipinski definition) is 2. The summed E-state index contributed by atoms with van der Waals surface area (Å²) >= 11 is 7.12. The minimum absolute atomic E-state index is 0.0324. The smallest absolute Gasteiger partial charge is 0.232 e. The van der Waals surface area contributed by atoms with Crippen molar-refractivity contribution in [3.63, 3.8) is 0 Å². The van der Waals surface area contributed by atoms with Gasteiger partial charge < -0.3 is 4.90 Å². The van der Waals surface area contributed by atoms with Crippen molar-refractivity contribution >= 4 is 29.3 Å². The number of carbonyl (C=O) groups is 1. The van der Waals surface area contributed by atoms with Gasteiger partial charge in [0.1, 0.15) is 5.82 Å². The van der Waals surface area contributed by atoms with E-state index in [0.717, 1.165) is 5.56 Å². The molecule has 0 radical (unpaired) electrons. The number of aryl methyl sites for hydroxylation is 1. The highest BCUT2D eigenvalue weighted by Crippen LogP contribution is 2.19. The lowest BCUT2D eigenvalue weighted by Gasteiger charge is -2.17. The topological polar surface area (TPSA) is 20.3 Å². The first kappa shape index (κ1) is 17.8. The van der Waals surface area contributed by atoms with Crippen molar-refractivity contribution < 1.29 is 9.18 Å². The van der Waals surface area contributed by atoms with Crippen molar-refractivity contribution in [1.29, 1.82) is 0 Å². The van der Waals surface area contributed by atoms with E-state index in [1.807, 2.05) is 31.2 Å². The average molecular weight is 352 g/mol. The summed E-state index contributed by atoms with van der Waals surface area (Å²) in [5.41, 5.74) is 2.86. The Kier molecular flexibility index (Phi) is 6.48. The van der Waals surface area contributed by atoms with Crippen LogP contribution in [0.3, 0.4) is 0 Å². The Morgan fingerprint density at radius 3 is 2.57 bits per heavy atom. The molecular formula is C18H19ClFNOS. The molecule has 2 aromatic rings. The van der Waals surface area contributed by atoms with E-state index in [0.29, 0.717) is 28.6 Å². The Balaban J connectivity index is 1.80.